The highest BCUT2D eigenvalue weighted by molar-refractivity contribution is 5.79. The van der Waals surface area contributed by atoms with Gasteiger partial charge >= 0.3 is 0 Å². The number of hydrogen-bond donors (Lipinski definition) is 2. The van der Waals surface area contributed by atoms with Crippen LogP contribution in [0.15, 0.2) is 0 Å². The Kier molecular flexibility index (Phi) is 4.35. The Labute approximate surface area is 84.6 Å². The Balaban J connectivity index is 2.43. The van der Waals surface area contributed by atoms with E-state index in [-0.39, 0.29) is 30.6 Å². The molecule has 0 saturated carbocycles. The summed E-state index contributed by atoms with van der Waals surface area (Å²) in [6.07, 6.45) is 1.72. The molecule has 1 heterocycles. The van der Waals surface area contributed by atoms with Gasteiger partial charge in [-0.3, -0.25) is 4.79 Å². The lowest BCUT2D eigenvalue weighted by atomic mass is 9.98. The van der Waals surface area contributed by atoms with Crippen molar-refractivity contribution in [3.05, 3.63) is 0 Å². The summed E-state index contributed by atoms with van der Waals surface area (Å²) in [6, 6.07) is -0.166. The molecule has 2 N–H and O–H groups in total. The quantitative estimate of drug-likeness (QED) is 0.687. The number of carbonyl (C=O) groups excluding carboxylic acids is 1. The molecule has 82 valence electrons. The van der Waals surface area contributed by atoms with Crippen LogP contribution in [0.25, 0.3) is 0 Å². The van der Waals surface area contributed by atoms with E-state index >= 15 is 0 Å². The van der Waals surface area contributed by atoms with Crippen LogP contribution in [0.5, 0.6) is 0 Å². The molecule has 1 amide bonds. The van der Waals surface area contributed by atoms with E-state index in [4.69, 9.17) is 9.84 Å². The molecule has 1 aliphatic rings. The van der Waals surface area contributed by atoms with Gasteiger partial charge in [-0.25, -0.2) is 0 Å². The van der Waals surface area contributed by atoms with Gasteiger partial charge in [-0.1, -0.05) is 6.92 Å². The standard InChI is InChI=1S/C10H19NO3/c1-3-9-8(4-5-14-9)10(13)11-7(2)6-12/h7-9,12H,3-6H2,1-2H3,(H,11,13). The van der Waals surface area contributed by atoms with Crippen molar-refractivity contribution in [2.75, 3.05) is 13.2 Å². The molecule has 1 rings (SSSR count). The SMILES string of the molecule is CCC1OCCC1C(=O)NC(C)CO. The molecule has 1 saturated heterocycles. The van der Waals surface area contributed by atoms with Crippen molar-refractivity contribution in [1.29, 1.82) is 0 Å². The Morgan fingerprint density at radius 1 is 1.71 bits per heavy atom. The highest BCUT2D eigenvalue weighted by atomic mass is 16.5. The maximum atomic E-state index is 11.7. The number of amides is 1. The normalized spacial score (nSPS) is 28.8. The zero-order valence-corrected chi connectivity index (χ0v) is 8.82. The van der Waals surface area contributed by atoms with Gasteiger partial charge in [-0.2, -0.15) is 0 Å². The van der Waals surface area contributed by atoms with Gasteiger partial charge in [0, 0.05) is 12.6 Å². The lowest BCUT2D eigenvalue weighted by molar-refractivity contribution is -0.127. The van der Waals surface area contributed by atoms with Gasteiger partial charge in [0.2, 0.25) is 5.91 Å². The lowest BCUT2D eigenvalue weighted by Crippen LogP contribution is -2.41. The predicted molar refractivity (Wildman–Crippen MR) is 52.8 cm³/mol. The summed E-state index contributed by atoms with van der Waals surface area (Å²) in [7, 11) is 0. The summed E-state index contributed by atoms with van der Waals surface area (Å²) in [6.45, 7) is 4.46. The summed E-state index contributed by atoms with van der Waals surface area (Å²) < 4.78 is 5.43. The lowest BCUT2D eigenvalue weighted by Gasteiger charge is -2.18. The maximum Gasteiger partial charge on any atom is 0.226 e. The predicted octanol–water partition coefficient (Wildman–Crippen LogP) is 0.299. The average molecular weight is 201 g/mol. The van der Waals surface area contributed by atoms with Gasteiger partial charge in [0.15, 0.2) is 0 Å². The van der Waals surface area contributed by atoms with Crippen LogP contribution in [0.2, 0.25) is 0 Å². The van der Waals surface area contributed by atoms with Crippen molar-refractivity contribution in [2.24, 2.45) is 5.92 Å². The molecule has 0 spiro atoms. The zero-order chi connectivity index (χ0) is 10.6. The van der Waals surface area contributed by atoms with Crippen LogP contribution < -0.4 is 5.32 Å². The van der Waals surface area contributed by atoms with E-state index < -0.39 is 0 Å². The van der Waals surface area contributed by atoms with Crippen LogP contribution in [0, 0.1) is 5.92 Å². The molecule has 4 nitrogen and oxygen atoms in total. The van der Waals surface area contributed by atoms with Crippen LogP contribution >= 0.6 is 0 Å². The molecule has 3 atom stereocenters. The fraction of sp³-hybridized carbons (Fsp3) is 0.900. The van der Waals surface area contributed by atoms with E-state index in [1.165, 1.54) is 0 Å². The van der Waals surface area contributed by atoms with Gasteiger partial charge in [-0.15, -0.1) is 0 Å². The number of nitrogens with one attached hydrogen (secondary N) is 1. The van der Waals surface area contributed by atoms with E-state index in [9.17, 15) is 4.79 Å². The number of carbonyl (C=O) groups is 1. The van der Waals surface area contributed by atoms with Crippen LogP contribution in [0.1, 0.15) is 26.7 Å². The van der Waals surface area contributed by atoms with Crippen LogP contribution in [0.3, 0.4) is 0 Å². The number of ether oxygens (including phenoxy) is 1. The van der Waals surface area contributed by atoms with Crippen molar-refractivity contribution in [3.63, 3.8) is 0 Å². The van der Waals surface area contributed by atoms with E-state index in [2.05, 4.69) is 5.32 Å². The van der Waals surface area contributed by atoms with Crippen LogP contribution in [-0.2, 0) is 9.53 Å². The summed E-state index contributed by atoms with van der Waals surface area (Å²) in [5.41, 5.74) is 0. The minimum absolute atomic E-state index is 0.0101. The zero-order valence-electron chi connectivity index (χ0n) is 8.82. The van der Waals surface area contributed by atoms with Crippen molar-refractivity contribution in [2.45, 2.75) is 38.8 Å². The third-order valence-corrected chi connectivity index (χ3v) is 2.61. The smallest absolute Gasteiger partial charge is 0.226 e. The Hall–Kier alpha value is -0.610. The third-order valence-electron chi connectivity index (χ3n) is 2.61. The molecule has 0 radical (unpaired) electrons. The Morgan fingerprint density at radius 2 is 2.43 bits per heavy atom. The summed E-state index contributed by atoms with van der Waals surface area (Å²) >= 11 is 0. The number of hydrogen-bond acceptors (Lipinski definition) is 3. The molecule has 4 heteroatoms. The molecular formula is C10H19NO3. The van der Waals surface area contributed by atoms with Crippen LogP contribution in [0.4, 0.5) is 0 Å². The highest BCUT2D eigenvalue weighted by Gasteiger charge is 2.32. The van der Waals surface area contributed by atoms with Gasteiger partial charge in [0.25, 0.3) is 0 Å². The molecular weight excluding hydrogens is 182 g/mol. The topological polar surface area (TPSA) is 58.6 Å². The van der Waals surface area contributed by atoms with Crippen molar-refractivity contribution >= 4 is 5.91 Å². The minimum atomic E-state index is -0.166. The Morgan fingerprint density at radius 3 is 3.00 bits per heavy atom. The molecule has 0 aromatic rings. The van der Waals surface area contributed by atoms with Gasteiger partial charge in [-0.05, 0) is 19.8 Å². The summed E-state index contributed by atoms with van der Waals surface area (Å²) in [5.74, 6) is -0.0232. The third kappa shape index (κ3) is 2.69. The molecule has 0 aromatic heterocycles. The first kappa shape index (κ1) is 11.5. The second-order valence-electron chi connectivity index (χ2n) is 3.80. The molecule has 0 bridgehead atoms. The molecule has 1 fully saturated rings. The first-order valence-corrected chi connectivity index (χ1v) is 5.21. The van der Waals surface area contributed by atoms with E-state index in [1.807, 2.05) is 6.92 Å². The first-order valence-electron chi connectivity index (χ1n) is 5.21. The summed E-state index contributed by atoms with van der Waals surface area (Å²) in [5, 5.41) is 11.6. The number of rotatable bonds is 4. The number of aliphatic hydroxyl groups is 1. The van der Waals surface area contributed by atoms with Crippen LogP contribution in [-0.4, -0.2) is 36.4 Å². The monoisotopic (exact) mass is 201 g/mol. The second-order valence-corrected chi connectivity index (χ2v) is 3.80. The molecule has 1 aliphatic heterocycles. The summed E-state index contributed by atoms with van der Waals surface area (Å²) in [4.78, 5) is 11.7. The van der Waals surface area contributed by atoms with Crippen molar-refractivity contribution in [3.8, 4) is 0 Å². The average Bonchev–Trinajstić information content (AvgIpc) is 2.65. The fourth-order valence-electron chi connectivity index (χ4n) is 1.75. The van der Waals surface area contributed by atoms with E-state index in [0.29, 0.717) is 6.61 Å². The largest absolute Gasteiger partial charge is 0.394 e. The van der Waals surface area contributed by atoms with Gasteiger partial charge < -0.3 is 15.2 Å². The molecule has 0 aromatic carbocycles. The van der Waals surface area contributed by atoms with Crippen molar-refractivity contribution in [1.82, 2.24) is 5.32 Å². The van der Waals surface area contributed by atoms with Gasteiger partial charge in [0.05, 0.1) is 18.6 Å². The molecule has 3 unspecified atom stereocenters. The fourth-order valence-corrected chi connectivity index (χ4v) is 1.75. The first-order chi connectivity index (χ1) is 6.69. The maximum absolute atomic E-state index is 11.7. The van der Waals surface area contributed by atoms with Gasteiger partial charge in [0.1, 0.15) is 0 Å². The van der Waals surface area contributed by atoms with E-state index in [1.54, 1.807) is 6.92 Å². The number of aliphatic hydroxyl groups excluding tert-OH is 1. The van der Waals surface area contributed by atoms with E-state index in [0.717, 1.165) is 12.8 Å². The highest BCUT2D eigenvalue weighted by Crippen LogP contribution is 2.23. The second kappa shape index (κ2) is 5.32. The molecule has 14 heavy (non-hydrogen) atoms. The minimum Gasteiger partial charge on any atom is -0.394 e. The Bertz CT molecular complexity index is 196. The molecule has 0 aliphatic carbocycles. The van der Waals surface area contributed by atoms with Crippen molar-refractivity contribution < 1.29 is 14.6 Å².